The van der Waals surface area contributed by atoms with Gasteiger partial charge in [-0.2, -0.15) is 10.5 Å². The van der Waals surface area contributed by atoms with Crippen molar-refractivity contribution < 1.29 is 5.11 Å². The average Bonchev–Trinajstić information content (AvgIpc) is 2.79. The van der Waals surface area contributed by atoms with Gasteiger partial charge in [0.25, 0.3) is 0 Å². The number of benzene rings is 3. The van der Waals surface area contributed by atoms with Gasteiger partial charge in [0.05, 0.1) is 10.6 Å². The lowest BCUT2D eigenvalue weighted by Gasteiger charge is -2.31. The molecule has 3 aromatic rings. The van der Waals surface area contributed by atoms with Crippen LogP contribution in [0.4, 0.5) is 0 Å². The van der Waals surface area contributed by atoms with Gasteiger partial charge in [0.15, 0.2) is 0 Å². The van der Waals surface area contributed by atoms with Gasteiger partial charge in [-0.15, -0.1) is 0 Å². The van der Waals surface area contributed by atoms with Gasteiger partial charge in [-0.1, -0.05) is 78.9 Å². The summed E-state index contributed by atoms with van der Waals surface area (Å²) in [7, 11) is 0. The minimum atomic E-state index is -2.59. The summed E-state index contributed by atoms with van der Waals surface area (Å²) in [5, 5.41) is 33.7. The molecular weight excluding hydrogens is 375 g/mol. The summed E-state index contributed by atoms with van der Waals surface area (Å²) >= 11 is 0. The van der Waals surface area contributed by atoms with Crippen LogP contribution in [0.15, 0.2) is 102 Å². The van der Waals surface area contributed by atoms with E-state index in [1.165, 1.54) is 0 Å². The Morgan fingerprint density at radius 3 is 1.72 bits per heavy atom. The molecule has 0 bridgehead atoms. The zero-order chi connectivity index (χ0) is 20.3. The molecular formula is C25H17N2OP. The Morgan fingerprint density at radius 2 is 1.21 bits per heavy atom. The molecule has 3 aromatic carbocycles. The molecule has 0 radical (unpaired) electrons. The molecule has 1 heterocycles. The Bertz CT molecular complexity index is 1230. The lowest BCUT2D eigenvalue weighted by molar-refractivity contribution is 0.474. The van der Waals surface area contributed by atoms with E-state index in [1.807, 2.05) is 78.9 Å². The molecule has 0 saturated heterocycles. The normalized spacial score (nSPS) is 14.9. The maximum Gasteiger partial charge on any atom is 0.123 e. The average molecular weight is 392 g/mol. The Kier molecular flexibility index (Phi) is 4.92. The second kappa shape index (κ2) is 7.69. The molecule has 4 heteroatoms. The number of hydrogen-bond donors (Lipinski definition) is 1. The second-order valence-corrected chi connectivity index (χ2v) is 9.94. The summed E-state index contributed by atoms with van der Waals surface area (Å²) in [4.78, 5) is 0. The zero-order valence-corrected chi connectivity index (χ0v) is 16.4. The minimum Gasteiger partial charge on any atom is -0.507 e. The van der Waals surface area contributed by atoms with Crippen LogP contribution in [0, 0.1) is 22.7 Å². The first-order valence-electron chi connectivity index (χ1n) is 9.12. The van der Waals surface area contributed by atoms with Gasteiger partial charge in [-0.3, -0.25) is 0 Å². The molecule has 0 spiro atoms. The lowest BCUT2D eigenvalue weighted by Crippen LogP contribution is -2.24. The largest absolute Gasteiger partial charge is 0.507 e. The quantitative estimate of drug-likeness (QED) is 0.665. The summed E-state index contributed by atoms with van der Waals surface area (Å²) in [5.74, 6) is 0.120. The van der Waals surface area contributed by atoms with Crippen molar-refractivity contribution in [2.45, 2.75) is 0 Å². The first kappa shape index (κ1) is 18.6. The highest BCUT2D eigenvalue weighted by molar-refractivity contribution is 7.93. The van der Waals surface area contributed by atoms with Crippen LogP contribution in [-0.4, -0.2) is 10.4 Å². The molecule has 1 aliphatic rings. The fraction of sp³-hybridized carbons (Fsp3) is 0. The highest BCUT2D eigenvalue weighted by atomic mass is 31.2. The maximum atomic E-state index is 10.3. The van der Waals surface area contributed by atoms with Crippen molar-refractivity contribution in [3.05, 3.63) is 108 Å². The van der Waals surface area contributed by atoms with Crippen molar-refractivity contribution in [2.24, 2.45) is 0 Å². The summed E-state index contributed by atoms with van der Waals surface area (Å²) in [6.07, 6.45) is 3.65. The summed E-state index contributed by atoms with van der Waals surface area (Å²) in [5.41, 5.74) is 1.27. The number of aromatic hydroxyl groups is 1. The van der Waals surface area contributed by atoms with Crippen LogP contribution in [0.1, 0.15) is 5.56 Å². The molecule has 0 atom stereocenters. The highest BCUT2D eigenvalue weighted by Gasteiger charge is 2.34. The molecule has 1 N–H and O–H groups in total. The summed E-state index contributed by atoms with van der Waals surface area (Å²) in [6, 6.07) is 31.3. The van der Waals surface area contributed by atoms with E-state index in [-0.39, 0.29) is 5.75 Å². The molecule has 3 nitrogen and oxygen atoms in total. The first-order chi connectivity index (χ1) is 14.2. The van der Waals surface area contributed by atoms with E-state index in [4.69, 9.17) is 0 Å². The van der Waals surface area contributed by atoms with E-state index >= 15 is 0 Å². The molecule has 1 aliphatic heterocycles. The van der Waals surface area contributed by atoms with Crippen molar-refractivity contribution >= 4 is 28.4 Å². The minimum absolute atomic E-state index is 0.120. The van der Waals surface area contributed by atoms with Crippen molar-refractivity contribution in [2.75, 3.05) is 0 Å². The van der Waals surface area contributed by atoms with E-state index in [9.17, 15) is 15.6 Å². The van der Waals surface area contributed by atoms with Crippen molar-refractivity contribution in [3.8, 4) is 17.9 Å². The Hall–Kier alpha value is -3.78. The summed E-state index contributed by atoms with van der Waals surface area (Å²) in [6.45, 7) is -2.59. The third-order valence-corrected chi connectivity index (χ3v) is 9.09. The molecule has 0 saturated carbocycles. The fourth-order valence-corrected chi connectivity index (χ4v) is 7.63. The molecule has 4 rings (SSSR count). The van der Waals surface area contributed by atoms with Crippen molar-refractivity contribution in [3.63, 3.8) is 0 Å². The Balaban J connectivity index is 2.15. The maximum absolute atomic E-state index is 10.3. The van der Waals surface area contributed by atoms with Gasteiger partial charge < -0.3 is 5.11 Å². The predicted octanol–water partition coefficient (Wildman–Crippen LogP) is 4.56. The number of rotatable bonds is 3. The fourth-order valence-electron chi connectivity index (χ4n) is 3.76. The number of nitriles is 2. The molecule has 138 valence electrons. The third-order valence-electron chi connectivity index (χ3n) is 5.04. The number of allylic oxidation sites excluding steroid dienone is 4. The number of hydrogen-bond acceptors (Lipinski definition) is 3. The third kappa shape index (κ3) is 2.99. The monoisotopic (exact) mass is 392 g/mol. The molecule has 0 aliphatic carbocycles. The van der Waals surface area contributed by atoms with Crippen LogP contribution in [0.5, 0.6) is 5.75 Å². The molecule has 0 amide bonds. The second-order valence-electron chi connectivity index (χ2n) is 6.60. The van der Waals surface area contributed by atoms with Crippen LogP contribution in [0.2, 0.25) is 0 Å². The van der Waals surface area contributed by atoms with E-state index < -0.39 is 6.89 Å². The van der Waals surface area contributed by atoms with Crippen molar-refractivity contribution in [1.29, 1.82) is 10.5 Å². The topological polar surface area (TPSA) is 67.8 Å². The van der Waals surface area contributed by atoms with Gasteiger partial charge in [0.2, 0.25) is 0 Å². The van der Waals surface area contributed by atoms with E-state index in [0.29, 0.717) is 21.7 Å². The van der Waals surface area contributed by atoms with Gasteiger partial charge in [0.1, 0.15) is 17.9 Å². The first-order valence-corrected chi connectivity index (χ1v) is 10.9. The highest BCUT2D eigenvalue weighted by Crippen LogP contribution is 2.57. The SMILES string of the molecule is N#CC1=CC(c2ccccc2O)=CC(C#N)=P1(c1ccccc1)c1ccccc1. The predicted molar refractivity (Wildman–Crippen MR) is 119 cm³/mol. The van der Waals surface area contributed by atoms with E-state index in [1.54, 1.807) is 18.2 Å². The molecule has 0 unspecified atom stereocenters. The van der Waals surface area contributed by atoms with Gasteiger partial charge in [-0.05, 0) is 34.4 Å². The van der Waals surface area contributed by atoms with E-state index in [2.05, 4.69) is 12.1 Å². The van der Waals surface area contributed by atoms with Crippen LogP contribution in [0.25, 0.3) is 5.57 Å². The van der Waals surface area contributed by atoms with E-state index in [0.717, 1.165) is 10.6 Å². The number of nitrogens with zero attached hydrogens (tertiary/aromatic N) is 2. The molecule has 29 heavy (non-hydrogen) atoms. The molecule has 0 aromatic heterocycles. The van der Waals surface area contributed by atoms with Crippen LogP contribution in [-0.2, 0) is 0 Å². The van der Waals surface area contributed by atoms with Crippen LogP contribution in [0.3, 0.4) is 0 Å². The zero-order valence-electron chi connectivity index (χ0n) is 15.5. The number of phenolic OH excluding ortho intramolecular Hbond substituents is 1. The van der Waals surface area contributed by atoms with Gasteiger partial charge in [0, 0.05) is 12.4 Å². The van der Waals surface area contributed by atoms with Crippen LogP contribution >= 0.6 is 6.89 Å². The standard InChI is InChI=1S/C25H17N2OP/c26-17-22-15-19(24-13-7-8-14-25(24)28)16-23(18-27)29(22,20-9-3-1-4-10-20)21-11-5-2-6-12-21/h1-16,28H. The van der Waals surface area contributed by atoms with Crippen LogP contribution < -0.4 is 10.6 Å². The lowest BCUT2D eigenvalue weighted by atomic mass is 10.0. The Morgan fingerprint density at radius 1 is 0.655 bits per heavy atom. The van der Waals surface area contributed by atoms with Gasteiger partial charge in [-0.25, -0.2) is 0 Å². The van der Waals surface area contributed by atoms with Gasteiger partial charge >= 0.3 is 0 Å². The number of para-hydroxylation sites is 1. The number of phenols is 1. The smallest absolute Gasteiger partial charge is 0.123 e. The molecule has 0 fully saturated rings. The van der Waals surface area contributed by atoms with Crippen molar-refractivity contribution in [1.82, 2.24) is 0 Å². The summed E-state index contributed by atoms with van der Waals surface area (Å²) < 4.78 is 0. The Labute approximate surface area is 170 Å².